The number of nitrogens with zero attached hydrogens (tertiary/aromatic N) is 3. The van der Waals surface area contributed by atoms with Crippen molar-refractivity contribution in [1.82, 2.24) is 10.2 Å². The summed E-state index contributed by atoms with van der Waals surface area (Å²) in [5, 5.41) is 12.3. The van der Waals surface area contributed by atoms with Gasteiger partial charge in [0.2, 0.25) is 0 Å². The van der Waals surface area contributed by atoms with Gasteiger partial charge in [0.05, 0.1) is 41.1 Å². The molecule has 0 saturated carbocycles. The fraction of sp³-hybridized carbons (Fsp3) is 0.393. The highest BCUT2D eigenvalue weighted by Crippen LogP contribution is 2.41. The number of rotatable bonds is 10. The van der Waals surface area contributed by atoms with E-state index in [4.69, 9.17) is 4.74 Å². The van der Waals surface area contributed by atoms with Gasteiger partial charge in [-0.3, -0.25) is 4.90 Å². The first kappa shape index (κ1) is 28.7. The third-order valence-electron chi connectivity index (χ3n) is 6.36. The number of amides is 2. The normalized spacial score (nSPS) is 16.0. The summed E-state index contributed by atoms with van der Waals surface area (Å²) in [5.74, 6) is -0.663. The van der Waals surface area contributed by atoms with E-state index in [9.17, 15) is 28.0 Å². The summed E-state index contributed by atoms with van der Waals surface area (Å²) in [6.07, 6.45) is -2.32. The summed E-state index contributed by atoms with van der Waals surface area (Å²) in [4.78, 5) is 29.9. The summed E-state index contributed by atoms with van der Waals surface area (Å²) in [7, 11) is 1.85. The third kappa shape index (κ3) is 6.34. The Balaban J connectivity index is 2.18. The van der Waals surface area contributed by atoms with Crippen LogP contribution in [0.25, 0.3) is 0 Å². The van der Waals surface area contributed by atoms with Gasteiger partial charge < -0.3 is 15.0 Å². The second-order valence-corrected chi connectivity index (χ2v) is 8.88. The number of nitrogens with one attached hydrogen (secondary N) is 1. The largest absolute Gasteiger partial charge is 0.463 e. The number of halogens is 3. The Morgan fingerprint density at radius 3 is 2.45 bits per heavy atom. The highest BCUT2D eigenvalue weighted by Gasteiger charge is 2.43. The van der Waals surface area contributed by atoms with Gasteiger partial charge in [0.1, 0.15) is 0 Å². The van der Waals surface area contributed by atoms with Crippen LogP contribution in [-0.2, 0) is 15.7 Å². The molecule has 2 aromatic carbocycles. The lowest BCUT2D eigenvalue weighted by atomic mass is 9.92. The Morgan fingerprint density at radius 1 is 1.13 bits per heavy atom. The molecule has 0 bridgehead atoms. The molecule has 2 amide bonds. The molecule has 2 aromatic rings. The second kappa shape index (κ2) is 12.6. The van der Waals surface area contributed by atoms with Gasteiger partial charge in [0, 0.05) is 12.2 Å². The first-order valence-electron chi connectivity index (χ1n) is 12.4. The van der Waals surface area contributed by atoms with Crippen molar-refractivity contribution in [1.29, 1.82) is 5.26 Å². The van der Waals surface area contributed by atoms with Crippen molar-refractivity contribution in [3.63, 3.8) is 0 Å². The zero-order valence-corrected chi connectivity index (χ0v) is 21.6. The quantitative estimate of drug-likeness (QED) is 0.312. The second-order valence-electron chi connectivity index (χ2n) is 8.88. The molecule has 202 valence electrons. The van der Waals surface area contributed by atoms with E-state index >= 15 is 0 Å². The predicted molar refractivity (Wildman–Crippen MR) is 137 cm³/mol. The Hall–Kier alpha value is -3.84. The number of allylic oxidation sites excluding steroid dienone is 1. The van der Waals surface area contributed by atoms with Crippen molar-refractivity contribution in [2.75, 3.05) is 31.6 Å². The van der Waals surface area contributed by atoms with Gasteiger partial charge in [0.15, 0.2) is 0 Å². The highest BCUT2D eigenvalue weighted by atomic mass is 19.4. The summed E-state index contributed by atoms with van der Waals surface area (Å²) in [6, 6.07) is 11.7. The van der Waals surface area contributed by atoms with Crippen LogP contribution in [0.3, 0.4) is 0 Å². The van der Waals surface area contributed by atoms with Crippen molar-refractivity contribution in [3.8, 4) is 6.07 Å². The first-order valence-corrected chi connectivity index (χ1v) is 12.4. The lowest BCUT2D eigenvalue weighted by Crippen LogP contribution is -2.51. The summed E-state index contributed by atoms with van der Waals surface area (Å²) in [6.45, 7) is 4.33. The Labute approximate surface area is 220 Å². The van der Waals surface area contributed by atoms with E-state index in [2.05, 4.69) is 5.32 Å². The molecule has 0 radical (unpaired) electrons. The Morgan fingerprint density at radius 2 is 1.84 bits per heavy atom. The maximum absolute atomic E-state index is 14.0. The van der Waals surface area contributed by atoms with E-state index in [1.165, 1.54) is 24.0 Å². The molecule has 0 unspecified atom stereocenters. The molecular formula is C28H31F3N4O3. The molecule has 1 atom stereocenters. The topological polar surface area (TPSA) is 85.7 Å². The standard InChI is InChI=1S/C28H31F3N4O3/c1-4-38-26(36)24-19(2)35(23-10-8-9-22(17-23)28(29,30)31)27(37)34(16-7-5-6-15-33-3)25(24)21-13-11-20(18-32)12-14-21/h8-14,17,25,33H,4-7,15-16H2,1-3H3/t25-/m1/s1. The van der Waals surface area contributed by atoms with Crippen molar-refractivity contribution in [2.45, 2.75) is 45.3 Å². The fourth-order valence-electron chi connectivity index (χ4n) is 4.52. The number of carbonyl (C=O) groups is 2. The molecule has 0 aliphatic carbocycles. The van der Waals surface area contributed by atoms with E-state index in [-0.39, 0.29) is 30.1 Å². The van der Waals surface area contributed by atoms with Crippen molar-refractivity contribution in [2.24, 2.45) is 0 Å². The van der Waals surface area contributed by atoms with Gasteiger partial charge in [-0.25, -0.2) is 9.59 Å². The van der Waals surface area contributed by atoms with Gasteiger partial charge in [-0.2, -0.15) is 18.4 Å². The van der Waals surface area contributed by atoms with Gasteiger partial charge in [-0.15, -0.1) is 0 Å². The Bertz CT molecular complexity index is 1220. The lowest BCUT2D eigenvalue weighted by molar-refractivity contribution is -0.139. The number of hydrogen-bond donors (Lipinski definition) is 1. The molecule has 1 aliphatic rings. The number of esters is 1. The van der Waals surface area contributed by atoms with E-state index < -0.39 is 29.8 Å². The number of urea groups is 1. The number of nitriles is 1. The van der Waals surface area contributed by atoms with E-state index in [1.807, 2.05) is 13.1 Å². The van der Waals surface area contributed by atoms with Crippen LogP contribution in [0.2, 0.25) is 0 Å². The Kier molecular flexibility index (Phi) is 9.53. The zero-order valence-electron chi connectivity index (χ0n) is 21.6. The molecule has 38 heavy (non-hydrogen) atoms. The fourth-order valence-corrected chi connectivity index (χ4v) is 4.52. The SMILES string of the molecule is CCOC(=O)C1=C(C)N(c2cccc(C(F)(F)F)c2)C(=O)N(CCCCCNC)[C@@H]1c1ccc(C#N)cc1. The monoisotopic (exact) mass is 528 g/mol. The minimum absolute atomic E-state index is 0.00239. The molecule has 0 aromatic heterocycles. The highest BCUT2D eigenvalue weighted by molar-refractivity contribution is 6.03. The average molecular weight is 529 g/mol. The van der Waals surface area contributed by atoms with Crippen LogP contribution in [0.1, 0.15) is 55.8 Å². The minimum atomic E-state index is -4.60. The number of carbonyl (C=O) groups excluding carboxylic acids is 2. The van der Waals surface area contributed by atoms with Crippen molar-refractivity contribution in [3.05, 3.63) is 76.5 Å². The number of anilines is 1. The van der Waals surface area contributed by atoms with Crippen LogP contribution in [0.5, 0.6) is 0 Å². The van der Waals surface area contributed by atoms with Crippen LogP contribution in [-0.4, -0.2) is 43.6 Å². The predicted octanol–water partition coefficient (Wildman–Crippen LogP) is 5.79. The number of benzene rings is 2. The van der Waals surface area contributed by atoms with E-state index in [0.29, 0.717) is 17.5 Å². The van der Waals surface area contributed by atoms with Gasteiger partial charge in [0.25, 0.3) is 0 Å². The molecule has 0 fully saturated rings. The molecule has 10 heteroatoms. The van der Waals surface area contributed by atoms with Crippen molar-refractivity contribution < 1.29 is 27.5 Å². The van der Waals surface area contributed by atoms with Crippen LogP contribution in [0, 0.1) is 11.3 Å². The lowest BCUT2D eigenvalue weighted by Gasteiger charge is -2.43. The third-order valence-corrected chi connectivity index (χ3v) is 6.36. The van der Waals surface area contributed by atoms with Crippen LogP contribution < -0.4 is 10.2 Å². The summed E-state index contributed by atoms with van der Waals surface area (Å²) < 4.78 is 45.8. The number of ether oxygens (including phenoxy) is 1. The van der Waals surface area contributed by atoms with Gasteiger partial charge in [-0.05, 0) is 76.2 Å². The molecular weight excluding hydrogens is 497 g/mol. The molecule has 1 N–H and O–H groups in total. The van der Waals surface area contributed by atoms with Gasteiger partial charge in [-0.1, -0.05) is 24.6 Å². The molecule has 7 nitrogen and oxygen atoms in total. The first-order chi connectivity index (χ1) is 18.1. The van der Waals surface area contributed by atoms with Gasteiger partial charge >= 0.3 is 18.2 Å². The smallest absolute Gasteiger partial charge is 0.416 e. The minimum Gasteiger partial charge on any atom is -0.463 e. The maximum Gasteiger partial charge on any atom is 0.416 e. The number of unbranched alkanes of at least 4 members (excludes halogenated alkanes) is 2. The summed E-state index contributed by atoms with van der Waals surface area (Å²) in [5.41, 5.74) is 0.457. The zero-order chi connectivity index (χ0) is 27.9. The van der Waals surface area contributed by atoms with Crippen LogP contribution in [0.15, 0.2) is 59.8 Å². The summed E-state index contributed by atoms with van der Waals surface area (Å²) >= 11 is 0. The van der Waals surface area contributed by atoms with Crippen molar-refractivity contribution >= 4 is 17.7 Å². The number of hydrogen-bond acceptors (Lipinski definition) is 5. The van der Waals surface area contributed by atoms with Crippen LogP contribution in [0.4, 0.5) is 23.7 Å². The average Bonchev–Trinajstić information content (AvgIpc) is 2.89. The molecule has 1 heterocycles. The van der Waals surface area contributed by atoms with Crippen LogP contribution >= 0.6 is 0 Å². The molecule has 1 aliphatic heterocycles. The molecule has 0 saturated heterocycles. The maximum atomic E-state index is 14.0. The molecule has 0 spiro atoms. The molecule has 3 rings (SSSR count). The van der Waals surface area contributed by atoms with E-state index in [1.54, 1.807) is 31.2 Å². The van der Waals surface area contributed by atoms with E-state index in [0.717, 1.165) is 36.4 Å². The number of alkyl halides is 3.